The molecule has 1 aromatic heterocycles. The zero-order chi connectivity index (χ0) is 14.7. The minimum atomic E-state index is -0.950. The molecule has 1 saturated carbocycles. The second-order valence-electron chi connectivity index (χ2n) is 5.64. The molecule has 0 atom stereocenters. The second-order valence-corrected chi connectivity index (χ2v) is 5.64. The lowest BCUT2D eigenvalue weighted by atomic mass is 10.1. The molecule has 1 N–H and O–H groups in total. The fourth-order valence-electron chi connectivity index (χ4n) is 2.01. The van der Waals surface area contributed by atoms with Crippen LogP contribution in [-0.4, -0.2) is 47.2 Å². The van der Waals surface area contributed by atoms with Crippen LogP contribution >= 0.6 is 0 Å². The number of rotatable bonds is 7. The van der Waals surface area contributed by atoms with Gasteiger partial charge in [-0.1, -0.05) is 13.8 Å². The molecule has 20 heavy (non-hydrogen) atoms. The zero-order valence-corrected chi connectivity index (χ0v) is 12.3. The van der Waals surface area contributed by atoms with Gasteiger partial charge in [-0.2, -0.15) is 0 Å². The molecule has 0 unspecified atom stereocenters. The van der Waals surface area contributed by atoms with Crippen LogP contribution in [0.1, 0.15) is 48.7 Å². The molecule has 0 aliphatic heterocycles. The first-order valence-corrected chi connectivity index (χ1v) is 7.05. The van der Waals surface area contributed by atoms with E-state index in [2.05, 4.69) is 16.9 Å². The van der Waals surface area contributed by atoms with Gasteiger partial charge < -0.3 is 14.7 Å². The first kappa shape index (κ1) is 14.8. The summed E-state index contributed by atoms with van der Waals surface area (Å²) >= 11 is 0. The van der Waals surface area contributed by atoms with Crippen LogP contribution < -0.4 is 4.74 Å². The lowest BCUT2D eigenvalue weighted by molar-refractivity contribution is 0.0696. The number of hydrogen-bond acceptors (Lipinski definition) is 4. The molecule has 2 rings (SSSR count). The average Bonchev–Trinajstić information content (AvgIpc) is 3.22. The molecular weight excluding hydrogens is 256 g/mol. The summed E-state index contributed by atoms with van der Waals surface area (Å²) in [7, 11) is 2.08. The highest BCUT2D eigenvalue weighted by molar-refractivity contribution is 5.88. The molecule has 0 spiro atoms. The standard InChI is InChI=1S/C15H22N2O3/c1-10(2)13-8-11(15(18)19)9-14(16-13)20-7-6-17(3)12-4-5-12/h8-10,12H,4-7H2,1-3H3,(H,18,19). The summed E-state index contributed by atoms with van der Waals surface area (Å²) < 4.78 is 5.62. The highest BCUT2D eigenvalue weighted by Crippen LogP contribution is 2.25. The van der Waals surface area contributed by atoms with Crippen molar-refractivity contribution in [1.29, 1.82) is 0 Å². The Morgan fingerprint density at radius 2 is 2.20 bits per heavy atom. The Bertz CT molecular complexity index is 484. The molecule has 0 radical (unpaired) electrons. The number of pyridine rings is 1. The Balaban J connectivity index is 1.99. The van der Waals surface area contributed by atoms with E-state index in [9.17, 15) is 4.79 Å². The molecule has 0 aromatic carbocycles. The fraction of sp³-hybridized carbons (Fsp3) is 0.600. The molecule has 1 aliphatic carbocycles. The molecule has 5 heteroatoms. The van der Waals surface area contributed by atoms with Crippen LogP contribution in [0.2, 0.25) is 0 Å². The van der Waals surface area contributed by atoms with Crippen LogP contribution in [0.25, 0.3) is 0 Å². The molecule has 110 valence electrons. The van der Waals surface area contributed by atoms with Crippen molar-refractivity contribution in [2.75, 3.05) is 20.2 Å². The minimum Gasteiger partial charge on any atom is -0.478 e. The van der Waals surface area contributed by atoms with Crippen molar-refractivity contribution < 1.29 is 14.6 Å². The van der Waals surface area contributed by atoms with E-state index in [0.29, 0.717) is 18.5 Å². The Hall–Kier alpha value is -1.62. The highest BCUT2D eigenvalue weighted by atomic mass is 16.5. The molecule has 1 heterocycles. The number of ether oxygens (including phenoxy) is 1. The number of nitrogens with zero attached hydrogens (tertiary/aromatic N) is 2. The predicted molar refractivity (Wildman–Crippen MR) is 76.4 cm³/mol. The Kier molecular flexibility index (Phi) is 4.60. The van der Waals surface area contributed by atoms with Crippen molar-refractivity contribution in [2.24, 2.45) is 0 Å². The molecule has 5 nitrogen and oxygen atoms in total. The summed E-state index contributed by atoms with van der Waals surface area (Å²) in [5.41, 5.74) is 0.977. The van der Waals surface area contributed by atoms with Gasteiger partial charge in [0.1, 0.15) is 6.61 Å². The minimum absolute atomic E-state index is 0.172. The largest absolute Gasteiger partial charge is 0.478 e. The number of hydrogen-bond donors (Lipinski definition) is 1. The van der Waals surface area contributed by atoms with Gasteiger partial charge in [-0.25, -0.2) is 9.78 Å². The Morgan fingerprint density at radius 1 is 1.50 bits per heavy atom. The monoisotopic (exact) mass is 278 g/mol. The van der Waals surface area contributed by atoms with Crippen LogP contribution in [0.5, 0.6) is 5.88 Å². The van der Waals surface area contributed by atoms with Gasteiger partial charge in [0.2, 0.25) is 5.88 Å². The third-order valence-corrected chi connectivity index (χ3v) is 3.52. The molecule has 1 aromatic rings. The van der Waals surface area contributed by atoms with Gasteiger partial charge in [0.25, 0.3) is 0 Å². The number of aromatic nitrogens is 1. The van der Waals surface area contributed by atoms with Gasteiger partial charge in [0.05, 0.1) is 5.56 Å². The van der Waals surface area contributed by atoms with Crippen molar-refractivity contribution in [2.45, 2.75) is 38.6 Å². The number of carboxylic acids is 1. The Morgan fingerprint density at radius 3 is 2.75 bits per heavy atom. The third kappa shape index (κ3) is 3.93. The van der Waals surface area contributed by atoms with E-state index < -0.39 is 5.97 Å². The van der Waals surface area contributed by atoms with Crippen molar-refractivity contribution in [3.8, 4) is 5.88 Å². The lowest BCUT2D eigenvalue weighted by Crippen LogP contribution is -2.26. The SMILES string of the molecule is CC(C)c1cc(C(=O)O)cc(OCCN(C)C2CC2)n1. The topological polar surface area (TPSA) is 62.7 Å². The van der Waals surface area contributed by atoms with Crippen molar-refractivity contribution >= 4 is 5.97 Å². The van der Waals surface area contributed by atoms with E-state index in [1.54, 1.807) is 6.07 Å². The highest BCUT2D eigenvalue weighted by Gasteiger charge is 2.25. The van der Waals surface area contributed by atoms with Crippen molar-refractivity contribution in [1.82, 2.24) is 9.88 Å². The maximum absolute atomic E-state index is 11.1. The van der Waals surface area contributed by atoms with Crippen LogP contribution in [0, 0.1) is 0 Å². The summed E-state index contributed by atoms with van der Waals surface area (Å²) in [5.74, 6) is -0.377. The van der Waals surface area contributed by atoms with Crippen LogP contribution in [0.15, 0.2) is 12.1 Å². The van der Waals surface area contributed by atoms with Gasteiger partial charge >= 0.3 is 5.97 Å². The predicted octanol–water partition coefficient (Wildman–Crippen LogP) is 2.38. The number of aromatic carboxylic acids is 1. The summed E-state index contributed by atoms with van der Waals surface area (Å²) in [6.45, 7) is 5.33. The number of likely N-dealkylation sites (N-methyl/N-ethyl adjacent to an activating group) is 1. The second kappa shape index (κ2) is 6.22. The lowest BCUT2D eigenvalue weighted by Gasteiger charge is -2.16. The average molecular weight is 278 g/mol. The fourth-order valence-corrected chi connectivity index (χ4v) is 2.01. The first-order valence-electron chi connectivity index (χ1n) is 7.05. The molecule has 1 fully saturated rings. The summed E-state index contributed by atoms with van der Waals surface area (Å²) in [5, 5.41) is 9.12. The van der Waals surface area contributed by atoms with E-state index in [4.69, 9.17) is 9.84 Å². The van der Waals surface area contributed by atoms with Crippen LogP contribution in [0.3, 0.4) is 0 Å². The zero-order valence-electron chi connectivity index (χ0n) is 12.3. The van der Waals surface area contributed by atoms with E-state index in [0.717, 1.165) is 12.2 Å². The van der Waals surface area contributed by atoms with Gasteiger partial charge in [-0.15, -0.1) is 0 Å². The van der Waals surface area contributed by atoms with Crippen LogP contribution in [0.4, 0.5) is 0 Å². The van der Waals surface area contributed by atoms with E-state index in [-0.39, 0.29) is 11.5 Å². The third-order valence-electron chi connectivity index (χ3n) is 3.52. The van der Waals surface area contributed by atoms with Crippen molar-refractivity contribution in [3.05, 3.63) is 23.4 Å². The quantitative estimate of drug-likeness (QED) is 0.829. The van der Waals surface area contributed by atoms with Gasteiger partial charge in [-0.05, 0) is 31.9 Å². The smallest absolute Gasteiger partial charge is 0.335 e. The van der Waals surface area contributed by atoms with E-state index in [1.807, 2.05) is 13.8 Å². The van der Waals surface area contributed by atoms with E-state index in [1.165, 1.54) is 18.9 Å². The van der Waals surface area contributed by atoms with Gasteiger partial charge in [0, 0.05) is 24.3 Å². The Labute approximate surface area is 119 Å². The number of carboxylic acid groups (broad SMARTS) is 1. The molecule has 0 saturated heterocycles. The van der Waals surface area contributed by atoms with Crippen LogP contribution in [-0.2, 0) is 0 Å². The molecule has 0 amide bonds. The van der Waals surface area contributed by atoms with Crippen molar-refractivity contribution in [3.63, 3.8) is 0 Å². The summed E-state index contributed by atoms with van der Waals surface area (Å²) in [4.78, 5) is 17.8. The van der Waals surface area contributed by atoms with Gasteiger partial charge in [-0.3, -0.25) is 0 Å². The maximum Gasteiger partial charge on any atom is 0.335 e. The maximum atomic E-state index is 11.1. The summed E-state index contributed by atoms with van der Waals surface area (Å²) in [6.07, 6.45) is 2.53. The molecular formula is C15H22N2O3. The normalized spacial score (nSPS) is 14.8. The molecule has 0 bridgehead atoms. The number of carbonyl (C=O) groups is 1. The van der Waals surface area contributed by atoms with Gasteiger partial charge in [0.15, 0.2) is 0 Å². The first-order chi connectivity index (χ1) is 9.47. The molecule has 1 aliphatic rings. The summed E-state index contributed by atoms with van der Waals surface area (Å²) in [6, 6.07) is 3.80. The van der Waals surface area contributed by atoms with E-state index >= 15 is 0 Å².